The number of nitrogens with one attached hydrogen (secondary N) is 1. The van der Waals surface area contributed by atoms with Crippen LogP contribution in [0.2, 0.25) is 0 Å². The maximum Gasteiger partial charge on any atom is 0.262 e. The number of anilines is 1. The highest BCUT2D eigenvalue weighted by atomic mass is 16.5. The van der Waals surface area contributed by atoms with Gasteiger partial charge in [0.05, 0.1) is 6.61 Å². The first-order valence-electron chi connectivity index (χ1n) is 6.99. The van der Waals surface area contributed by atoms with E-state index in [4.69, 9.17) is 9.47 Å². The van der Waals surface area contributed by atoms with Gasteiger partial charge in [-0.1, -0.05) is 37.3 Å². The molecule has 1 N–H and O–H groups in total. The van der Waals surface area contributed by atoms with Crippen LogP contribution in [-0.2, 0) is 4.79 Å². The van der Waals surface area contributed by atoms with Crippen LogP contribution in [0.5, 0.6) is 11.5 Å². The summed E-state index contributed by atoms with van der Waals surface area (Å²) < 4.78 is 11.1. The van der Waals surface area contributed by atoms with Crippen LogP contribution in [0.4, 0.5) is 5.69 Å². The summed E-state index contributed by atoms with van der Waals surface area (Å²) in [6, 6.07) is 16.6. The molecule has 1 amide bonds. The van der Waals surface area contributed by atoms with Crippen LogP contribution in [0.1, 0.15) is 13.3 Å². The van der Waals surface area contributed by atoms with Crippen molar-refractivity contribution in [3.05, 3.63) is 54.6 Å². The van der Waals surface area contributed by atoms with Crippen molar-refractivity contribution >= 4 is 11.6 Å². The molecule has 0 aromatic heterocycles. The molecule has 0 saturated carbocycles. The molecule has 2 aromatic carbocycles. The summed E-state index contributed by atoms with van der Waals surface area (Å²) in [6.45, 7) is 2.61. The monoisotopic (exact) mass is 285 g/mol. The molecule has 0 aliphatic rings. The lowest BCUT2D eigenvalue weighted by Crippen LogP contribution is -2.20. The van der Waals surface area contributed by atoms with Crippen LogP contribution >= 0.6 is 0 Å². The van der Waals surface area contributed by atoms with Crippen LogP contribution in [-0.4, -0.2) is 19.1 Å². The topological polar surface area (TPSA) is 47.6 Å². The van der Waals surface area contributed by atoms with Gasteiger partial charge in [-0.05, 0) is 30.7 Å². The first-order chi connectivity index (χ1) is 10.3. The molecule has 21 heavy (non-hydrogen) atoms. The molecular formula is C17H19NO3. The smallest absolute Gasteiger partial charge is 0.262 e. The van der Waals surface area contributed by atoms with Crippen molar-refractivity contribution in [2.24, 2.45) is 0 Å². The van der Waals surface area contributed by atoms with E-state index in [9.17, 15) is 4.79 Å². The zero-order valence-corrected chi connectivity index (χ0v) is 12.0. The van der Waals surface area contributed by atoms with Crippen LogP contribution < -0.4 is 14.8 Å². The first kappa shape index (κ1) is 14.9. The highest BCUT2D eigenvalue weighted by Crippen LogP contribution is 2.26. The summed E-state index contributed by atoms with van der Waals surface area (Å²) in [7, 11) is 0. The Morgan fingerprint density at radius 1 is 0.952 bits per heavy atom. The molecule has 4 heteroatoms. The Kier molecular flexibility index (Phi) is 5.64. The van der Waals surface area contributed by atoms with Gasteiger partial charge < -0.3 is 14.8 Å². The molecule has 0 atom stereocenters. The molecule has 2 rings (SSSR count). The molecule has 0 unspecified atom stereocenters. The van der Waals surface area contributed by atoms with E-state index >= 15 is 0 Å². The normalized spacial score (nSPS) is 9.95. The van der Waals surface area contributed by atoms with Gasteiger partial charge in [0.15, 0.2) is 18.1 Å². The number of para-hydroxylation sites is 3. The number of ether oxygens (including phenoxy) is 2. The van der Waals surface area contributed by atoms with Gasteiger partial charge in [0.1, 0.15) is 0 Å². The quantitative estimate of drug-likeness (QED) is 0.847. The van der Waals surface area contributed by atoms with Crippen molar-refractivity contribution in [2.75, 3.05) is 18.5 Å². The third-order valence-corrected chi connectivity index (χ3v) is 2.73. The second-order valence-electron chi connectivity index (χ2n) is 4.50. The summed E-state index contributed by atoms with van der Waals surface area (Å²) in [5.41, 5.74) is 0.751. The van der Waals surface area contributed by atoms with E-state index in [1.54, 1.807) is 6.07 Å². The minimum absolute atomic E-state index is 0.0542. The number of amides is 1. The third-order valence-electron chi connectivity index (χ3n) is 2.73. The summed E-state index contributed by atoms with van der Waals surface area (Å²) >= 11 is 0. The first-order valence-corrected chi connectivity index (χ1v) is 6.99. The largest absolute Gasteiger partial charge is 0.490 e. The SMILES string of the molecule is CCCOc1ccccc1OCC(=O)Nc1ccccc1. The van der Waals surface area contributed by atoms with E-state index in [0.29, 0.717) is 18.1 Å². The Balaban J connectivity index is 1.89. The second-order valence-corrected chi connectivity index (χ2v) is 4.50. The molecule has 2 aromatic rings. The van der Waals surface area contributed by atoms with E-state index in [1.807, 2.05) is 55.5 Å². The predicted octanol–water partition coefficient (Wildman–Crippen LogP) is 3.49. The molecule has 4 nitrogen and oxygen atoms in total. The van der Waals surface area contributed by atoms with Crippen LogP contribution in [0, 0.1) is 0 Å². The summed E-state index contributed by atoms with van der Waals surface area (Å²) in [4.78, 5) is 11.8. The van der Waals surface area contributed by atoms with E-state index in [0.717, 1.165) is 12.1 Å². The molecular weight excluding hydrogens is 266 g/mol. The van der Waals surface area contributed by atoms with Gasteiger partial charge in [-0.3, -0.25) is 4.79 Å². The molecule has 0 bridgehead atoms. The fraction of sp³-hybridized carbons (Fsp3) is 0.235. The number of benzene rings is 2. The average molecular weight is 285 g/mol. The summed E-state index contributed by atoms with van der Waals surface area (Å²) in [5.74, 6) is 1.03. The highest BCUT2D eigenvalue weighted by Gasteiger charge is 2.07. The molecule has 0 spiro atoms. The van der Waals surface area contributed by atoms with Crippen molar-refractivity contribution in [2.45, 2.75) is 13.3 Å². The lowest BCUT2D eigenvalue weighted by Gasteiger charge is -2.12. The number of carbonyl (C=O) groups is 1. The standard InChI is InChI=1S/C17H19NO3/c1-2-12-20-15-10-6-7-11-16(15)21-13-17(19)18-14-8-4-3-5-9-14/h3-11H,2,12-13H2,1H3,(H,18,19). The van der Waals surface area contributed by atoms with E-state index in [2.05, 4.69) is 5.32 Å². The van der Waals surface area contributed by atoms with Gasteiger partial charge in [0, 0.05) is 5.69 Å². The van der Waals surface area contributed by atoms with E-state index in [1.165, 1.54) is 0 Å². The lowest BCUT2D eigenvalue weighted by molar-refractivity contribution is -0.118. The molecule has 0 radical (unpaired) electrons. The van der Waals surface area contributed by atoms with Crippen LogP contribution in [0.15, 0.2) is 54.6 Å². The zero-order valence-electron chi connectivity index (χ0n) is 12.0. The molecule has 0 saturated heterocycles. The number of rotatable bonds is 7. The predicted molar refractivity (Wildman–Crippen MR) is 82.8 cm³/mol. The fourth-order valence-electron chi connectivity index (χ4n) is 1.76. The van der Waals surface area contributed by atoms with Gasteiger partial charge in [-0.2, -0.15) is 0 Å². The Morgan fingerprint density at radius 2 is 1.57 bits per heavy atom. The summed E-state index contributed by atoms with van der Waals surface area (Å²) in [6.07, 6.45) is 0.919. The van der Waals surface area contributed by atoms with Gasteiger partial charge in [0.25, 0.3) is 5.91 Å². The van der Waals surface area contributed by atoms with Crippen molar-refractivity contribution in [1.29, 1.82) is 0 Å². The van der Waals surface area contributed by atoms with Crippen LogP contribution in [0.3, 0.4) is 0 Å². The van der Waals surface area contributed by atoms with Crippen LogP contribution in [0.25, 0.3) is 0 Å². The van der Waals surface area contributed by atoms with Crippen molar-refractivity contribution in [1.82, 2.24) is 0 Å². The van der Waals surface area contributed by atoms with Gasteiger partial charge in [0.2, 0.25) is 0 Å². The molecule has 0 aliphatic carbocycles. The molecule has 0 aliphatic heterocycles. The Labute approximate surface area is 124 Å². The Hall–Kier alpha value is -2.49. The lowest BCUT2D eigenvalue weighted by atomic mass is 10.3. The Bertz CT molecular complexity index is 569. The van der Waals surface area contributed by atoms with Gasteiger partial charge in [-0.15, -0.1) is 0 Å². The number of hydrogen-bond donors (Lipinski definition) is 1. The number of hydrogen-bond acceptors (Lipinski definition) is 3. The fourth-order valence-corrected chi connectivity index (χ4v) is 1.76. The summed E-state index contributed by atoms with van der Waals surface area (Å²) in [5, 5.41) is 2.77. The molecule has 0 fully saturated rings. The van der Waals surface area contributed by atoms with E-state index < -0.39 is 0 Å². The maximum atomic E-state index is 11.8. The third kappa shape index (κ3) is 4.84. The zero-order chi connectivity index (χ0) is 14.9. The highest BCUT2D eigenvalue weighted by molar-refractivity contribution is 5.91. The van der Waals surface area contributed by atoms with Crippen molar-refractivity contribution in [3.8, 4) is 11.5 Å². The van der Waals surface area contributed by atoms with Crippen molar-refractivity contribution < 1.29 is 14.3 Å². The Morgan fingerprint density at radius 3 is 2.24 bits per heavy atom. The van der Waals surface area contributed by atoms with E-state index in [-0.39, 0.29) is 12.5 Å². The average Bonchev–Trinajstić information content (AvgIpc) is 2.52. The minimum Gasteiger partial charge on any atom is -0.490 e. The van der Waals surface area contributed by atoms with Gasteiger partial charge in [-0.25, -0.2) is 0 Å². The number of carbonyl (C=O) groups excluding carboxylic acids is 1. The molecule has 0 heterocycles. The minimum atomic E-state index is -0.202. The molecule has 110 valence electrons. The van der Waals surface area contributed by atoms with Gasteiger partial charge >= 0.3 is 0 Å². The second kappa shape index (κ2) is 7.94. The maximum absolute atomic E-state index is 11.8. The van der Waals surface area contributed by atoms with Crippen molar-refractivity contribution in [3.63, 3.8) is 0 Å².